The molecule has 48 heavy (non-hydrogen) atoms. The largest absolute Gasteiger partial charge is 0.309 e. The van der Waals surface area contributed by atoms with Crippen LogP contribution in [0.3, 0.4) is 0 Å². The van der Waals surface area contributed by atoms with Gasteiger partial charge in [0.05, 0.1) is 51.0 Å². The van der Waals surface area contributed by atoms with Gasteiger partial charge in [-0.15, -0.1) is 0 Å². The Hall–Kier alpha value is -6.88. The number of hydrogen-bond acceptors (Lipinski definition) is 2. The van der Waals surface area contributed by atoms with Crippen molar-refractivity contribution in [2.75, 3.05) is 0 Å². The Morgan fingerprint density at radius 3 is 1.73 bits per heavy atom. The fourth-order valence-corrected chi connectivity index (χ4v) is 7.37. The number of aromatic nitrogens is 2. The molecule has 0 unspecified atom stereocenters. The van der Waals surface area contributed by atoms with Crippen LogP contribution in [0.4, 0.5) is 0 Å². The molecule has 2 heterocycles. The van der Waals surface area contributed by atoms with E-state index in [0.29, 0.717) is 11.1 Å². The zero-order valence-electron chi connectivity index (χ0n) is 25.8. The van der Waals surface area contributed by atoms with Crippen molar-refractivity contribution in [3.63, 3.8) is 0 Å². The average Bonchev–Trinajstić information content (AvgIpc) is 3.68. The lowest BCUT2D eigenvalue weighted by molar-refractivity contribution is 1.18. The van der Waals surface area contributed by atoms with Crippen molar-refractivity contribution in [1.29, 1.82) is 10.5 Å². The molecule has 0 aliphatic heterocycles. The van der Waals surface area contributed by atoms with E-state index < -0.39 is 0 Å². The topological polar surface area (TPSA) is 57.4 Å². The van der Waals surface area contributed by atoms with Crippen molar-refractivity contribution in [2.45, 2.75) is 0 Å². The predicted molar refractivity (Wildman–Crippen MR) is 195 cm³/mol. The van der Waals surface area contributed by atoms with Crippen LogP contribution >= 0.6 is 0 Å². The number of fused-ring (bicyclic) bond motifs is 6. The Labute approximate surface area is 277 Å². The van der Waals surface area contributed by atoms with Crippen molar-refractivity contribution in [1.82, 2.24) is 9.13 Å². The maximum atomic E-state index is 10.1. The summed E-state index contributed by atoms with van der Waals surface area (Å²) in [5, 5.41) is 24.5. The summed E-state index contributed by atoms with van der Waals surface area (Å²) in [6, 6.07) is 59.0. The molecule has 0 radical (unpaired) electrons. The third-order valence-corrected chi connectivity index (χ3v) is 9.40. The minimum Gasteiger partial charge on any atom is -0.309 e. The Morgan fingerprint density at radius 2 is 1.02 bits per heavy atom. The van der Waals surface area contributed by atoms with E-state index in [-0.39, 0.29) is 0 Å². The summed E-state index contributed by atoms with van der Waals surface area (Å²) in [6.07, 6.45) is 0. The number of nitrogens with zero attached hydrogens (tertiary/aromatic N) is 4. The Bertz CT molecular complexity index is 2760. The van der Waals surface area contributed by atoms with Gasteiger partial charge in [0.1, 0.15) is 0 Å². The molecule has 0 saturated carbocycles. The van der Waals surface area contributed by atoms with E-state index in [2.05, 4.69) is 143 Å². The number of hydrogen-bond donors (Lipinski definition) is 0. The van der Waals surface area contributed by atoms with Gasteiger partial charge in [-0.05, 0) is 71.3 Å². The second-order valence-electron chi connectivity index (χ2n) is 12.0. The monoisotopic (exact) mass is 610 g/mol. The van der Waals surface area contributed by atoms with Gasteiger partial charge in [-0.25, -0.2) is 0 Å². The molecule has 0 fully saturated rings. The average molecular weight is 611 g/mol. The van der Waals surface area contributed by atoms with E-state index in [1.807, 2.05) is 36.4 Å². The smallest absolute Gasteiger partial charge is 0.0998 e. The first kappa shape index (κ1) is 27.4. The second-order valence-corrected chi connectivity index (χ2v) is 12.0. The third kappa shape index (κ3) is 4.07. The minimum absolute atomic E-state index is 0.571. The fraction of sp³-hybridized carbons (Fsp3) is 0. The van der Waals surface area contributed by atoms with Gasteiger partial charge >= 0.3 is 0 Å². The number of nitriles is 2. The molecule has 9 rings (SSSR count). The Kier molecular flexibility index (Phi) is 6.22. The Morgan fingerprint density at radius 1 is 0.417 bits per heavy atom. The summed E-state index contributed by atoms with van der Waals surface area (Å²) in [5.74, 6) is 0. The number of rotatable bonds is 4. The van der Waals surface area contributed by atoms with Gasteiger partial charge in [0.25, 0.3) is 0 Å². The van der Waals surface area contributed by atoms with Crippen LogP contribution in [0.25, 0.3) is 77.2 Å². The first-order valence-corrected chi connectivity index (χ1v) is 15.9. The highest BCUT2D eigenvalue weighted by Crippen LogP contribution is 2.41. The predicted octanol–water partition coefficient (Wildman–Crippen LogP) is 11.0. The van der Waals surface area contributed by atoms with Crippen LogP contribution in [0.15, 0.2) is 158 Å². The molecular formula is C44H26N4. The first-order valence-electron chi connectivity index (χ1n) is 15.9. The van der Waals surface area contributed by atoms with Crippen LogP contribution in [-0.4, -0.2) is 9.13 Å². The van der Waals surface area contributed by atoms with Crippen LogP contribution in [0.2, 0.25) is 0 Å². The van der Waals surface area contributed by atoms with Crippen molar-refractivity contribution < 1.29 is 0 Å². The summed E-state index contributed by atoms with van der Waals surface area (Å²) >= 11 is 0. The quantitative estimate of drug-likeness (QED) is 0.199. The summed E-state index contributed by atoms with van der Waals surface area (Å²) in [7, 11) is 0. The van der Waals surface area contributed by atoms with E-state index in [9.17, 15) is 10.5 Å². The number of benzene rings is 7. The minimum atomic E-state index is 0.571. The van der Waals surface area contributed by atoms with E-state index in [4.69, 9.17) is 0 Å². The highest BCUT2D eigenvalue weighted by atomic mass is 15.0. The van der Waals surface area contributed by atoms with Gasteiger partial charge in [0, 0.05) is 32.8 Å². The zero-order chi connectivity index (χ0) is 32.2. The molecule has 0 N–H and O–H groups in total. The van der Waals surface area contributed by atoms with E-state index in [0.717, 1.165) is 55.4 Å². The van der Waals surface area contributed by atoms with Crippen molar-refractivity contribution >= 4 is 43.6 Å². The van der Waals surface area contributed by atoms with Crippen molar-refractivity contribution in [2.24, 2.45) is 0 Å². The maximum absolute atomic E-state index is 10.1. The third-order valence-electron chi connectivity index (χ3n) is 9.40. The maximum Gasteiger partial charge on any atom is 0.0998 e. The molecule has 0 amide bonds. The number of para-hydroxylation sites is 3. The highest BCUT2D eigenvalue weighted by molar-refractivity contribution is 6.12. The molecule has 9 aromatic rings. The van der Waals surface area contributed by atoms with Gasteiger partial charge < -0.3 is 9.13 Å². The molecule has 4 nitrogen and oxygen atoms in total. The van der Waals surface area contributed by atoms with Gasteiger partial charge in [-0.1, -0.05) is 103 Å². The molecule has 0 atom stereocenters. The molecule has 2 aromatic heterocycles. The molecular weight excluding hydrogens is 585 g/mol. The Balaban J connectivity index is 1.29. The van der Waals surface area contributed by atoms with E-state index in [1.165, 1.54) is 21.8 Å². The van der Waals surface area contributed by atoms with Crippen LogP contribution in [0, 0.1) is 22.7 Å². The molecule has 0 aliphatic rings. The summed E-state index contributed by atoms with van der Waals surface area (Å²) in [6.45, 7) is 0. The van der Waals surface area contributed by atoms with Gasteiger partial charge in [-0.3, -0.25) is 0 Å². The molecule has 0 saturated heterocycles. The molecule has 7 aromatic carbocycles. The van der Waals surface area contributed by atoms with Crippen molar-refractivity contribution in [3.05, 3.63) is 169 Å². The fourth-order valence-electron chi connectivity index (χ4n) is 7.37. The first-order chi connectivity index (χ1) is 23.7. The highest BCUT2D eigenvalue weighted by Gasteiger charge is 2.20. The van der Waals surface area contributed by atoms with E-state index in [1.54, 1.807) is 0 Å². The van der Waals surface area contributed by atoms with Crippen LogP contribution in [0.5, 0.6) is 0 Å². The molecule has 0 bridgehead atoms. The second kappa shape index (κ2) is 10.9. The molecule has 0 spiro atoms. The van der Waals surface area contributed by atoms with Gasteiger partial charge in [0.2, 0.25) is 0 Å². The summed E-state index contributed by atoms with van der Waals surface area (Å²) in [5.41, 5.74) is 11.7. The van der Waals surface area contributed by atoms with Crippen LogP contribution < -0.4 is 0 Å². The normalized spacial score (nSPS) is 11.3. The standard InChI is InChI=1S/C44H26N4/c45-27-29-23-24-37(43(25-29)48-41-21-8-5-18-38(41)44-31(28-46)12-10-22-42(44)48)34-15-2-1-14-33(34)30-11-9-13-32(26-30)47-39-19-6-3-16-35(39)36-17-4-7-20-40(36)47/h1-26H. The lowest BCUT2D eigenvalue weighted by atomic mass is 9.92. The molecule has 0 aliphatic carbocycles. The van der Waals surface area contributed by atoms with Crippen LogP contribution in [-0.2, 0) is 0 Å². The lowest BCUT2D eigenvalue weighted by Gasteiger charge is -2.18. The van der Waals surface area contributed by atoms with Crippen LogP contribution in [0.1, 0.15) is 11.1 Å². The summed E-state index contributed by atoms with van der Waals surface area (Å²) in [4.78, 5) is 0. The SMILES string of the molecule is N#Cc1ccc(-c2ccccc2-c2cccc(-n3c4ccccc4c4ccccc43)c2)c(-n2c3ccccc3c3c(C#N)cccc32)c1. The lowest BCUT2D eigenvalue weighted by Crippen LogP contribution is -1.99. The van der Waals surface area contributed by atoms with E-state index >= 15 is 0 Å². The zero-order valence-corrected chi connectivity index (χ0v) is 25.8. The van der Waals surface area contributed by atoms with Crippen molar-refractivity contribution in [3.8, 4) is 45.8 Å². The summed E-state index contributed by atoms with van der Waals surface area (Å²) < 4.78 is 4.54. The van der Waals surface area contributed by atoms with Gasteiger partial charge in [0.15, 0.2) is 0 Å². The molecule has 4 heteroatoms. The molecule has 222 valence electrons. The van der Waals surface area contributed by atoms with Gasteiger partial charge in [-0.2, -0.15) is 10.5 Å².